The first-order valence-electron chi connectivity index (χ1n) is 6.64. The monoisotopic (exact) mass is 326 g/mol. The van der Waals surface area contributed by atoms with Gasteiger partial charge in [-0.2, -0.15) is 0 Å². The molecule has 1 aromatic rings. The number of rotatable bonds is 6. The van der Waals surface area contributed by atoms with Gasteiger partial charge in [0.1, 0.15) is 0 Å². The number of amides is 1. The van der Waals surface area contributed by atoms with E-state index in [1.165, 1.54) is 11.1 Å². The van der Waals surface area contributed by atoms with E-state index in [1.807, 2.05) is 0 Å². The summed E-state index contributed by atoms with van der Waals surface area (Å²) in [6, 6.07) is 6.12. The molecule has 1 unspecified atom stereocenters. The van der Waals surface area contributed by atoms with Crippen molar-refractivity contribution >= 4 is 21.8 Å². The number of carbonyl (C=O) groups is 1. The predicted molar refractivity (Wildman–Crippen MR) is 83.0 cm³/mol. The number of nitrogens with one attached hydrogen (secondary N) is 2. The van der Waals surface area contributed by atoms with Crippen molar-refractivity contribution in [2.75, 3.05) is 7.05 Å². The molecule has 1 aromatic carbocycles. The molecule has 0 aliphatic carbocycles. The summed E-state index contributed by atoms with van der Waals surface area (Å²) in [5, 5.41) is 6.05. The van der Waals surface area contributed by atoms with Crippen molar-refractivity contribution in [1.29, 1.82) is 0 Å². The molecule has 0 aromatic heterocycles. The maximum atomic E-state index is 11.8. The lowest BCUT2D eigenvalue weighted by atomic mass is 10.0. The van der Waals surface area contributed by atoms with Crippen molar-refractivity contribution in [3.8, 4) is 0 Å². The minimum atomic E-state index is -0.141. The number of benzene rings is 1. The highest BCUT2D eigenvalue weighted by molar-refractivity contribution is 9.10. The van der Waals surface area contributed by atoms with E-state index in [-0.39, 0.29) is 11.9 Å². The zero-order chi connectivity index (χ0) is 14.4. The second-order valence-corrected chi connectivity index (χ2v) is 6.13. The Morgan fingerprint density at radius 2 is 2.05 bits per heavy atom. The van der Waals surface area contributed by atoms with Gasteiger partial charge in [-0.15, -0.1) is 0 Å². The molecule has 0 radical (unpaired) electrons. The molecule has 0 spiro atoms. The van der Waals surface area contributed by atoms with Gasteiger partial charge in [0, 0.05) is 18.1 Å². The zero-order valence-electron chi connectivity index (χ0n) is 12.1. The maximum Gasteiger partial charge on any atom is 0.236 e. The first-order valence-corrected chi connectivity index (χ1v) is 7.43. The summed E-state index contributed by atoms with van der Waals surface area (Å²) >= 11 is 3.56. The Balaban J connectivity index is 2.67. The van der Waals surface area contributed by atoms with Gasteiger partial charge in [-0.3, -0.25) is 4.79 Å². The summed E-state index contributed by atoms with van der Waals surface area (Å²) in [6.45, 7) is 7.00. The van der Waals surface area contributed by atoms with E-state index in [0.29, 0.717) is 12.5 Å². The molecule has 1 amide bonds. The van der Waals surface area contributed by atoms with E-state index in [0.717, 1.165) is 10.9 Å². The van der Waals surface area contributed by atoms with Crippen LogP contribution in [0, 0.1) is 12.8 Å². The molecule has 0 aliphatic heterocycles. The minimum absolute atomic E-state index is 0.0527. The van der Waals surface area contributed by atoms with Crippen molar-refractivity contribution in [2.45, 2.75) is 39.8 Å². The van der Waals surface area contributed by atoms with Gasteiger partial charge >= 0.3 is 0 Å². The lowest BCUT2D eigenvalue weighted by Gasteiger charge is -2.19. The van der Waals surface area contributed by atoms with Crippen molar-refractivity contribution in [3.05, 3.63) is 33.8 Å². The molecule has 106 valence electrons. The van der Waals surface area contributed by atoms with Crippen molar-refractivity contribution in [2.24, 2.45) is 5.92 Å². The molecule has 0 aliphatic rings. The molecule has 1 rings (SSSR count). The van der Waals surface area contributed by atoms with E-state index < -0.39 is 0 Å². The first-order chi connectivity index (χ1) is 8.93. The summed E-state index contributed by atoms with van der Waals surface area (Å²) < 4.78 is 1.08. The summed E-state index contributed by atoms with van der Waals surface area (Å²) in [4.78, 5) is 11.8. The highest BCUT2D eigenvalue weighted by atomic mass is 79.9. The average Bonchev–Trinajstić information content (AvgIpc) is 2.34. The number of likely N-dealkylation sites (N-methyl/N-ethyl adjacent to an activating group) is 1. The third-order valence-corrected chi connectivity index (χ3v) is 3.76. The first kappa shape index (κ1) is 16.2. The average molecular weight is 327 g/mol. The molecule has 0 bridgehead atoms. The third kappa shape index (κ3) is 5.33. The Morgan fingerprint density at radius 1 is 1.37 bits per heavy atom. The SMILES string of the molecule is CNC(=O)C(CC(C)C)NCc1ccc(C)cc1Br. The quantitative estimate of drug-likeness (QED) is 0.843. The van der Waals surface area contributed by atoms with Crippen LogP contribution in [0.15, 0.2) is 22.7 Å². The Morgan fingerprint density at radius 3 is 2.58 bits per heavy atom. The number of aryl methyl sites for hydroxylation is 1. The molecule has 0 heterocycles. The molecule has 0 saturated carbocycles. The maximum absolute atomic E-state index is 11.8. The van der Waals surface area contributed by atoms with Crippen LogP contribution in [0.5, 0.6) is 0 Å². The van der Waals surface area contributed by atoms with Gasteiger partial charge in [-0.1, -0.05) is 41.9 Å². The minimum Gasteiger partial charge on any atom is -0.358 e. The summed E-state index contributed by atoms with van der Waals surface area (Å²) in [7, 11) is 1.68. The van der Waals surface area contributed by atoms with Crippen LogP contribution < -0.4 is 10.6 Å². The van der Waals surface area contributed by atoms with Gasteiger partial charge in [-0.05, 0) is 36.5 Å². The van der Waals surface area contributed by atoms with E-state index in [2.05, 4.69) is 65.5 Å². The Kier molecular flexibility index (Phi) is 6.52. The molecular weight excluding hydrogens is 304 g/mol. The second kappa shape index (κ2) is 7.65. The summed E-state index contributed by atoms with van der Waals surface area (Å²) in [5.74, 6) is 0.535. The van der Waals surface area contributed by atoms with E-state index in [9.17, 15) is 4.79 Å². The van der Waals surface area contributed by atoms with Gasteiger partial charge in [0.25, 0.3) is 0 Å². The fraction of sp³-hybridized carbons (Fsp3) is 0.533. The van der Waals surface area contributed by atoms with Crippen LogP contribution in [-0.4, -0.2) is 19.0 Å². The highest BCUT2D eigenvalue weighted by Gasteiger charge is 2.18. The van der Waals surface area contributed by atoms with Crippen LogP contribution in [0.4, 0.5) is 0 Å². The molecule has 4 heteroatoms. The molecule has 0 fully saturated rings. The molecule has 19 heavy (non-hydrogen) atoms. The Labute approximate surface area is 124 Å². The van der Waals surface area contributed by atoms with E-state index >= 15 is 0 Å². The number of carbonyl (C=O) groups excluding carboxylic acids is 1. The van der Waals surface area contributed by atoms with Gasteiger partial charge in [0.05, 0.1) is 6.04 Å². The predicted octanol–water partition coefficient (Wildman–Crippen LogP) is 3.01. The Bertz CT molecular complexity index is 432. The van der Waals surface area contributed by atoms with Gasteiger partial charge < -0.3 is 10.6 Å². The van der Waals surface area contributed by atoms with Crippen LogP contribution in [0.2, 0.25) is 0 Å². The number of hydrogen-bond acceptors (Lipinski definition) is 2. The smallest absolute Gasteiger partial charge is 0.236 e. The van der Waals surface area contributed by atoms with Crippen molar-refractivity contribution < 1.29 is 4.79 Å². The van der Waals surface area contributed by atoms with Crippen LogP contribution >= 0.6 is 15.9 Å². The molecule has 2 N–H and O–H groups in total. The largest absolute Gasteiger partial charge is 0.358 e. The second-order valence-electron chi connectivity index (χ2n) is 5.27. The highest BCUT2D eigenvalue weighted by Crippen LogP contribution is 2.18. The van der Waals surface area contributed by atoms with Crippen molar-refractivity contribution in [3.63, 3.8) is 0 Å². The molecule has 3 nitrogen and oxygen atoms in total. The third-order valence-electron chi connectivity index (χ3n) is 3.02. The van der Waals surface area contributed by atoms with Gasteiger partial charge in [-0.25, -0.2) is 0 Å². The number of hydrogen-bond donors (Lipinski definition) is 2. The normalized spacial score (nSPS) is 12.5. The Hall–Kier alpha value is -0.870. The van der Waals surface area contributed by atoms with Crippen LogP contribution in [0.1, 0.15) is 31.4 Å². The molecular formula is C15H23BrN2O. The number of halogens is 1. The lowest BCUT2D eigenvalue weighted by molar-refractivity contribution is -0.123. The van der Waals surface area contributed by atoms with E-state index in [4.69, 9.17) is 0 Å². The topological polar surface area (TPSA) is 41.1 Å². The lowest BCUT2D eigenvalue weighted by Crippen LogP contribution is -2.43. The summed E-state index contributed by atoms with van der Waals surface area (Å²) in [5.41, 5.74) is 2.39. The summed E-state index contributed by atoms with van der Waals surface area (Å²) in [6.07, 6.45) is 0.836. The van der Waals surface area contributed by atoms with Gasteiger partial charge in [0.15, 0.2) is 0 Å². The van der Waals surface area contributed by atoms with Crippen LogP contribution in [-0.2, 0) is 11.3 Å². The van der Waals surface area contributed by atoms with E-state index in [1.54, 1.807) is 7.05 Å². The zero-order valence-corrected chi connectivity index (χ0v) is 13.7. The fourth-order valence-corrected chi connectivity index (χ4v) is 2.59. The fourth-order valence-electron chi connectivity index (χ4n) is 1.96. The van der Waals surface area contributed by atoms with Crippen molar-refractivity contribution in [1.82, 2.24) is 10.6 Å². The van der Waals surface area contributed by atoms with Gasteiger partial charge in [0.2, 0.25) is 5.91 Å². The van der Waals surface area contributed by atoms with Crippen LogP contribution in [0.3, 0.4) is 0 Å². The van der Waals surface area contributed by atoms with Crippen LogP contribution in [0.25, 0.3) is 0 Å². The standard InChI is InChI=1S/C15H23BrN2O/c1-10(2)7-14(15(19)17-4)18-9-12-6-5-11(3)8-13(12)16/h5-6,8,10,14,18H,7,9H2,1-4H3,(H,17,19). The molecule has 1 atom stereocenters. The molecule has 0 saturated heterocycles.